The maximum absolute atomic E-state index is 12.9. The molecule has 0 saturated heterocycles. The number of halogens is 2. The molecule has 1 amide bonds. The van der Waals surface area contributed by atoms with Crippen molar-refractivity contribution in [1.29, 1.82) is 0 Å². The Morgan fingerprint density at radius 3 is 2.76 bits per heavy atom. The molecule has 0 radical (unpaired) electrons. The Bertz CT molecular complexity index is 567. The van der Waals surface area contributed by atoms with Crippen LogP contribution >= 0.6 is 33.9 Å². The SMILES string of the molecule is Cc1cscc1C(=O)Nc1ccc(F)cc1I. The van der Waals surface area contributed by atoms with E-state index in [0.29, 0.717) is 14.8 Å². The average molecular weight is 361 g/mol. The average Bonchev–Trinajstić information content (AvgIpc) is 2.68. The Labute approximate surface area is 116 Å². The highest BCUT2D eigenvalue weighted by Crippen LogP contribution is 2.21. The second-order valence-corrected chi connectivity index (χ2v) is 5.45. The van der Waals surface area contributed by atoms with E-state index < -0.39 is 0 Å². The van der Waals surface area contributed by atoms with Crippen molar-refractivity contribution in [2.24, 2.45) is 0 Å². The number of anilines is 1. The minimum absolute atomic E-state index is 0.159. The van der Waals surface area contributed by atoms with Gasteiger partial charge in [0, 0.05) is 8.95 Å². The Morgan fingerprint density at radius 1 is 1.41 bits per heavy atom. The fourth-order valence-electron chi connectivity index (χ4n) is 1.37. The summed E-state index contributed by atoms with van der Waals surface area (Å²) in [6.07, 6.45) is 0. The molecule has 0 aliphatic rings. The second kappa shape index (κ2) is 5.14. The Kier molecular flexibility index (Phi) is 3.78. The number of amides is 1. The van der Waals surface area contributed by atoms with Gasteiger partial charge in [0.2, 0.25) is 0 Å². The number of hydrogen-bond donors (Lipinski definition) is 1. The van der Waals surface area contributed by atoms with Crippen LogP contribution in [-0.2, 0) is 0 Å². The molecule has 0 atom stereocenters. The van der Waals surface area contributed by atoms with Crippen LogP contribution in [0, 0.1) is 16.3 Å². The van der Waals surface area contributed by atoms with Crippen molar-refractivity contribution in [3.8, 4) is 0 Å². The van der Waals surface area contributed by atoms with Crippen molar-refractivity contribution in [2.75, 3.05) is 5.32 Å². The predicted molar refractivity (Wildman–Crippen MR) is 76.1 cm³/mol. The third kappa shape index (κ3) is 2.84. The van der Waals surface area contributed by atoms with Crippen LogP contribution in [0.1, 0.15) is 15.9 Å². The molecule has 5 heteroatoms. The molecule has 0 bridgehead atoms. The van der Waals surface area contributed by atoms with Gasteiger partial charge in [0.1, 0.15) is 5.82 Å². The fraction of sp³-hybridized carbons (Fsp3) is 0.0833. The van der Waals surface area contributed by atoms with Crippen LogP contribution in [0.3, 0.4) is 0 Å². The lowest BCUT2D eigenvalue weighted by Gasteiger charge is -2.07. The van der Waals surface area contributed by atoms with E-state index in [-0.39, 0.29) is 11.7 Å². The number of rotatable bonds is 2. The summed E-state index contributed by atoms with van der Waals surface area (Å²) in [5, 5.41) is 6.50. The van der Waals surface area contributed by atoms with Gasteiger partial charge in [0.15, 0.2) is 0 Å². The normalized spacial score (nSPS) is 10.3. The molecule has 0 fully saturated rings. The van der Waals surface area contributed by atoms with Gasteiger partial charge in [-0.05, 0) is 58.7 Å². The highest BCUT2D eigenvalue weighted by Gasteiger charge is 2.11. The molecule has 0 saturated carbocycles. The maximum Gasteiger partial charge on any atom is 0.256 e. The molecule has 1 N–H and O–H groups in total. The molecule has 2 aromatic rings. The lowest BCUT2D eigenvalue weighted by molar-refractivity contribution is 0.102. The molecule has 1 aromatic carbocycles. The van der Waals surface area contributed by atoms with E-state index in [4.69, 9.17) is 0 Å². The van der Waals surface area contributed by atoms with Crippen LogP contribution in [0.25, 0.3) is 0 Å². The summed E-state index contributed by atoms with van der Waals surface area (Å²) in [5.74, 6) is -0.465. The molecule has 0 unspecified atom stereocenters. The van der Waals surface area contributed by atoms with E-state index >= 15 is 0 Å². The number of carbonyl (C=O) groups is 1. The van der Waals surface area contributed by atoms with E-state index in [1.165, 1.54) is 23.5 Å². The number of aryl methyl sites for hydroxylation is 1. The molecular weight excluding hydrogens is 352 g/mol. The van der Waals surface area contributed by atoms with Gasteiger partial charge in [-0.15, -0.1) is 0 Å². The van der Waals surface area contributed by atoms with E-state index in [2.05, 4.69) is 5.32 Å². The summed E-state index contributed by atoms with van der Waals surface area (Å²) < 4.78 is 13.6. The van der Waals surface area contributed by atoms with E-state index in [9.17, 15) is 9.18 Å². The molecule has 1 heterocycles. The van der Waals surface area contributed by atoms with Crippen LogP contribution in [-0.4, -0.2) is 5.91 Å². The zero-order valence-electron chi connectivity index (χ0n) is 8.96. The van der Waals surface area contributed by atoms with E-state index in [1.54, 1.807) is 11.4 Å². The molecule has 88 valence electrons. The third-order valence-corrected chi connectivity index (χ3v) is 4.03. The molecule has 0 spiro atoms. The minimum atomic E-state index is -0.306. The van der Waals surface area contributed by atoms with Crippen molar-refractivity contribution in [1.82, 2.24) is 0 Å². The summed E-state index contributed by atoms with van der Waals surface area (Å²) in [5.41, 5.74) is 2.24. The number of benzene rings is 1. The highest BCUT2D eigenvalue weighted by atomic mass is 127. The molecule has 1 aromatic heterocycles. The molecule has 2 rings (SSSR count). The first-order valence-corrected chi connectivity index (χ1v) is 6.89. The van der Waals surface area contributed by atoms with Crippen molar-refractivity contribution < 1.29 is 9.18 Å². The Morgan fingerprint density at radius 2 is 2.18 bits per heavy atom. The first-order valence-electron chi connectivity index (χ1n) is 4.87. The van der Waals surface area contributed by atoms with Gasteiger partial charge in [-0.2, -0.15) is 11.3 Å². The molecule has 0 aliphatic heterocycles. The third-order valence-electron chi connectivity index (χ3n) is 2.28. The molecule has 2 nitrogen and oxygen atoms in total. The fourth-order valence-corrected chi connectivity index (χ4v) is 2.81. The molecule has 0 aliphatic carbocycles. The number of nitrogens with one attached hydrogen (secondary N) is 1. The number of hydrogen-bond acceptors (Lipinski definition) is 2. The summed E-state index contributed by atoms with van der Waals surface area (Å²) in [6.45, 7) is 1.89. The lowest BCUT2D eigenvalue weighted by atomic mass is 10.2. The number of thiophene rings is 1. The van der Waals surface area contributed by atoms with Crippen molar-refractivity contribution in [3.05, 3.63) is 49.5 Å². The Hall–Kier alpha value is -0.950. The summed E-state index contributed by atoms with van der Waals surface area (Å²) >= 11 is 3.48. The molecule has 17 heavy (non-hydrogen) atoms. The summed E-state index contributed by atoms with van der Waals surface area (Å²) in [4.78, 5) is 11.9. The van der Waals surface area contributed by atoms with Crippen molar-refractivity contribution in [2.45, 2.75) is 6.92 Å². The van der Waals surface area contributed by atoms with Gasteiger partial charge >= 0.3 is 0 Å². The van der Waals surface area contributed by atoms with Gasteiger partial charge in [-0.25, -0.2) is 4.39 Å². The maximum atomic E-state index is 12.9. The van der Waals surface area contributed by atoms with Crippen molar-refractivity contribution >= 4 is 45.5 Å². The van der Waals surface area contributed by atoms with Crippen LogP contribution in [0.4, 0.5) is 10.1 Å². The van der Waals surface area contributed by atoms with E-state index in [1.807, 2.05) is 34.9 Å². The van der Waals surface area contributed by atoms with Crippen LogP contribution in [0.5, 0.6) is 0 Å². The van der Waals surface area contributed by atoms with Gasteiger partial charge in [-0.3, -0.25) is 4.79 Å². The largest absolute Gasteiger partial charge is 0.321 e. The van der Waals surface area contributed by atoms with E-state index in [0.717, 1.165) is 5.56 Å². The second-order valence-electron chi connectivity index (χ2n) is 3.55. The van der Waals surface area contributed by atoms with Gasteiger partial charge in [-0.1, -0.05) is 0 Å². The van der Waals surface area contributed by atoms with Crippen LogP contribution in [0.15, 0.2) is 29.0 Å². The van der Waals surface area contributed by atoms with Gasteiger partial charge in [0.25, 0.3) is 5.91 Å². The quantitative estimate of drug-likeness (QED) is 0.804. The monoisotopic (exact) mass is 361 g/mol. The zero-order valence-corrected chi connectivity index (χ0v) is 11.9. The minimum Gasteiger partial charge on any atom is -0.321 e. The molecular formula is C12H9FINOS. The standard InChI is InChI=1S/C12H9FINOS/c1-7-5-17-6-9(7)12(16)15-11-3-2-8(13)4-10(11)14/h2-6H,1H3,(H,15,16). The summed E-state index contributed by atoms with van der Waals surface area (Å²) in [7, 11) is 0. The topological polar surface area (TPSA) is 29.1 Å². The van der Waals surface area contributed by atoms with Crippen LogP contribution in [0.2, 0.25) is 0 Å². The van der Waals surface area contributed by atoms with Crippen molar-refractivity contribution in [3.63, 3.8) is 0 Å². The summed E-state index contributed by atoms with van der Waals surface area (Å²) in [6, 6.07) is 4.28. The smallest absolute Gasteiger partial charge is 0.256 e. The predicted octanol–water partition coefficient (Wildman–Crippen LogP) is 4.05. The zero-order chi connectivity index (χ0) is 12.4. The first kappa shape index (κ1) is 12.5. The van der Waals surface area contributed by atoms with Gasteiger partial charge in [0.05, 0.1) is 11.3 Å². The lowest BCUT2D eigenvalue weighted by Crippen LogP contribution is -2.13. The number of carbonyl (C=O) groups excluding carboxylic acids is 1. The Balaban J connectivity index is 2.22. The first-order chi connectivity index (χ1) is 8.08. The van der Waals surface area contributed by atoms with Gasteiger partial charge < -0.3 is 5.32 Å². The highest BCUT2D eigenvalue weighted by molar-refractivity contribution is 14.1. The van der Waals surface area contributed by atoms with Crippen LogP contribution < -0.4 is 5.32 Å².